The Morgan fingerprint density at radius 1 is 1.18 bits per heavy atom. The summed E-state index contributed by atoms with van der Waals surface area (Å²) in [6.45, 7) is 4.31. The van der Waals surface area contributed by atoms with Crippen LogP contribution in [-0.2, 0) is 19.6 Å². The fourth-order valence-corrected chi connectivity index (χ4v) is 3.20. The number of hydrogen-bond donors (Lipinski definition) is 3. The van der Waals surface area contributed by atoms with Crippen LogP contribution in [0.15, 0.2) is 34.6 Å². The minimum absolute atomic E-state index is 0.0341. The molecular formula is C18H25N7O7S. The number of carbonyl (C=O) groups is 1. The van der Waals surface area contributed by atoms with Crippen molar-refractivity contribution >= 4 is 27.9 Å². The molecule has 15 heteroatoms. The second kappa shape index (κ2) is 11.8. The Morgan fingerprint density at radius 3 is 2.36 bits per heavy atom. The van der Waals surface area contributed by atoms with E-state index in [0.29, 0.717) is 6.04 Å². The van der Waals surface area contributed by atoms with E-state index in [2.05, 4.69) is 25.4 Å². The number of rotatable bonds is 6. The van der Waals surface area contributed by atoms with Crippen LogP contribution in [0.1, 0.15) is 19.4 Å². The summed E-state index contributed by atoms with van der Waals surface area (Å²) in [6.07, 6.45) is 1.25. The van der Waals surface area contributed by atoms with Crippen molar-refractivity contribution in [3.05, 3.63) is 30.0 Å². The van der Waals surface area contributed by atoms with Crippen LogP contribution in [0.5, 0.6) is 11.8 Å². The zero-order valence-electron chi connectivity index (χ0n) is 18.4. The van der Waals surface area contributed by atoms with Gasteiger partial charge >= 0.3 is 6.03 Å². The standard InChI is InChI=1S/C15H16N6O7S.C3H9N/c1-25-10-8-11(26-2)18-14(17-10)19-15(22)21-29(23,24)13-9(4-3-5-16-13)12-20-28-7-6-27-12;1-3(2)4/h3-5,8H,6-7H2,1-2H3,(H2,17,18,19,21,22);3H,4H2,1-2H3. The molecule has 2 amide bonds. The van der Waals surface area contributed by atoms with Crippen LogP contribution in [-0.4, -0.2) is 68.8 Å². The van der Waals surface area contributed by atoms with Gasteiger partial charge in [-0.3, -0.25) is 5.32 Å². The zero-order valence-corrected chi connectivity index (χ0v) is 19.2. The highest BCUT2D eigenvalue weighted by Gasteiger charge is 2.27. The van der Waals surface area contributed by atoms with E-state index in [1.807, 2.05) is 18.6 Å². The molecule has 0 bridgehead atoms. The lowest BCUT2D eigenvalue weighted by molar-refractivity contribution is 0.0653. The first kappa shape index (κ1) is 25.5. The largest absolute Gasteiger partial charge is 0.481 e. The number of anilines is 1. The second-order valence-electron chi connectivity index (χ2n) is 6.51. The molecule has 0 atom stereocenters. The molecule has 0 aromatic carbocycles. The molecule has 0 fully saturated rings. The molecule has 0 spiro atoms. The Hall–Kier alpha value is -3.72. The van der Waals surface area contributed by atoms with Crippen LogP contribution in [0, 0.1) is 0 Å². The molecule has 14 nitrogen and oxygen atoms in total. The van der Waals surface area contributed by atoms with Gasteiger partial charge in [-0.25, -0.2) is 14.5 Å². The van der Waals surface area contributed by atoms with E-state index in [1.165, 1.54) is 38.6 Å². The van der Waals surface area contributed by atoms with Gasteiger partial charge in [-0.05, 0) is 23.3 Å². The van der Waals surface area contributed by atoms with Crippen molar-refractivity contribution in [2.24, 2.45) is 10.9 Å². The summed E-state index contributed by atoms with van der Waals surface area (Å²) in [7, 11) is -1.68. The molecule has 2 aromatic heterocycles. The van der Waals surface area contributed by atoms with Crippen LogP contribution in [0.25, 0.3) is 0 Å². The topological polar surface area (TPSA) is 189 Å². The molecule has 0 saturated heterocycles. The summed E-state index contributed by atoms with van der Waals surface area (Å²) in [4.78, 5) is 28.7. The van der Waals surface area contributed by atoms with Gasteiger partial charge in [-0.15, -0.1) is 0 Å². The molecule has 1 aliphatic rings. The number of sulfonamides is 1. The van der Waals surface area contributed by atoms with E-state index in [1.54, 1.807) is 0 Å². The van der Waals surface area contributed by atoms with Gasteiger partial charge in [0.1, 0.15) is 6.61 Å². The van der Waals surface area contributed by atoms with E-state index in [4.69, 9.17) is 24.8 Å². The first-order valence-corrected chi connectivity index (χ1v) is 11.0. The first-order chi connectivity index (χ1) is 15.7. The van der Waals surface area contributed by atoms with Crippen molar-refractivity contribution in [1.29, 1.82) is 0 Å². The zero-order chi connectivity index (χ0) is 24.4. The average Bonchev–Trinajstić information content (AvgIpc) is 2.78. The number of urea groups is 1. The minimum atomic E-state index is -4.40. The summed E-state index contributed by atoms with van der Waals surface area (Å²) in [6, 6.07) is 3.50. The van der Waals surface area contributed by atoms with Gasteiger partial charge in [0.05, 0.1) is 25.8 Å². The molecule has 1 aliphatic heterocycles. The van der Waals surface area contributed by atoms with Gasteiger partial charge in [0.15, 0.2) is 11.6 Å². The van der Waals surface area contributed by atoms with Crippen LogP contribution in [0.4, 0.5) is 10.7 Å². The fourth-order valence-electron chi connectivity index (χ4n) is 2.17. The highest BCUT2D eigenvalue weighted by Crippen LogP contribution is 2.18. The summed E-state index contributed by atoms with van der Waals surface area (Å²) < 4.78 is 42.4. The number of ether oxygens (including phenoxy) is 3. The normalized spacial score (nSPS) is 12.8. The molecule has 180 valence electrons. The van der Waals surface area contributed by atoms with Crippen molar-refractivity contribution in [2.45, 2.75) is 24.9 Å². The van der Waals surface area contributed by atoms with Crippen molar-refractivity contribution < 1.29 is 32.3 Å². The number of nitrogens with zero attached hydrogens (tertiary/aromatic N) is 4. The highest BCUT2D eigenvalue weighted by atomic mass is 32.2. The predicted molar refractivity (Wildman–Crippen MR) is 116 cm³/mol. The van der Waals surface area contributed by atoms with E-state index in [0.717, 1.165) is 0 Å². The maximum atomic E-state index is 12.7. The van der Waals surface area contributed by atoms with E-state index in [9.17, 15) is 13.2 Å². The van der Waals surface area contributed by atoms with Crippen molar-refractivity contribution in [2.75, 3.05) is 32.8 Å². The van der Waals surface area contributed by atoms with Crippen molar-refractivity contribution in [3.8, 4) is 11.8 Å². The second-order valence-corrected chi connectivity index (χ2v) is 8.11. The highest BCUT2D eigenvalue weighted by molar-refractivity contribution is 7.90. The van der Waals surface area contributed by atoms with Crippen LogP contribution < -0.4 is 25.2 Å². The lowest BCUT2D eigenvalue weighted by Gasteiger charge is -2.15. The Labute approximate surface area is 190 Å². The quantitative estimate of drug-likeness (QED) is 0.517. The number of amides is 2. The number of carbonyl (C=O) groups excluding carboxylic acids is 1. The van der Waals surface area contributed by atoms with Gasteiger partial charge in [0, 0.05) is 6.20 Å². The lowest BCUT2D eigenvalue weighted by atomic mass is 10.3. The Morgan fingerprint density at radius 2 is 1.82 bits per heavy atom. The van der Waals surface area contributed by atoms with E-state index >= 15 is 0 Å². The molecule has 33 heavy (non-hydrogen) atoms. The number of nitrogens with one attached hydrogen (secondary N) is 2. The third-order valence-electron chi connectivity index (χ3n) is 3.37. The third-order valence-corrected chi connectivity index (χ3v) is 4.66. The number of oxime groups is 1. The average molecular weight is 484 g/mol. The number of methoxy groups -OCH3 is 2. The smallest absolute Gasteiger partial charge is 0.335 e. The van der Waals surface area contributed by atoms with Crippen LogP contribution in [0.2, 0.25) is 0 Å². The van der Waals surface area contributed by atoms with Gasteiger partial charge < -0.3 is 24.8 Å². The molecule has 0 unspecified atom stereocenters. The predicted octanol–water partition coefficient (Wildman–Crippen LogP) is 0.461. The molecule has 3 rings (SSSR count). The number of hydrogen-bond acceptors (Lipinski definition) is 12. The molecule has 2 aromatic rings. The van der Waals surface area contributed by atoms with Crippen molar-refractivity contribution in [1.82, 2.24) is 19.7 Å². The summed E-state index contributed by atoms with van der Waals surface area (Å²) >= 11 is 0. The van der Waals surface area contributed by atoms with Gasteiger partial charge in [-0.1, -0.05) is 13.8 Å². The van der Waals surface area contributed by atoms with Gasteiger partial charge in [0.25, 0.3) is 15.9 Å². The molecule has 0 radical (unpaired) electrons. The monoisotopic (exact) mass is 483 g/mol. The number of aromatic nitrogens is 3. The Kier molecular flexibility index (Phi) is 9.11. The summed E-state index contributed by atoms with van der Waals surface area (Å²) in [5, 5.41) is 5.39. The first-order valence-electron chi connectivity index (χ1n) is 9.51. The Bertz CT molecular complexity index is 1070. The molecular weight excluding hydrogens is 458 g/mol. The third kappa shape index (κ3) is 7.73. The van der Waals surface area contributed by atoms with Crippen LogP contribution in [0.3, 0.4) is 0 Å². The van der Waals surface area contributed by atoms with Crippen LogP contribution >= 0.6 is 0 Å². The van der Waals surface area contributed by atoms with Gasteiger partial charge in [0.2, 0.25) is 17.7 Å². The Balaban J connectivity index is 0.000000890. The molecule has 4 N–H and O–H groups in total. The SMILES string of the molecule is CC(C)N.COc1cc(OC)nc(NC(=O)NS(=O)(=O)c2ncccc2C2=NOCCO2)n1. The van der Waals surface area contributed by atoms with Crippen molar-refractivity contribution in [3.63, 3.8) is 0 Å². The number of pyridine rings is 1. The fraction of sp³-hybridized carbons (Fsp3) is 0.389. The molecule has 0 saturated carbocycles. The minimum Gasteiger partial charge on any atom is -0.481 e. The summed E-state index contributed by atoms with van der Waals surface area (Å²) in [5.41, 5.74) is 5.15. The molecule has 0 aliphatic carbocycles. The maximum absolute atomic E-state index is 12.7. The van der Waals surface area contributed by atoms with E-state index < -0.39 is 21.1 Å². The molecule has 3 heterocycles. The van der Waals surface area contributed by atoms with E-state index in [-0.39, 0.29) is 42.4 Å². The number of nitrogens with two attached hydrogens (primary N) is 1. The maximum Gasteiger partial charge on any atom is 0.335 e. The summed E-state index contributed by atoms with van der Waals surface area (Å²) in [5.74, 6) is -0.0847. The lowest BCUT2D eigenvalue weighted by Crippen LogP contribution is -2.36. The van der Waals surface area contributed by atoms with Gasteiger partial charge in [-0.2, -0.15) is 18.4 Å².